The van der Waals surface area contributed by atoms with Crippen molar-refractivity contribution in [3.8, 4) is 0 Å². The molecule has 0 spiro atoms. The van der Waals surface area contributed by atoms with Gasteiger partial charge in [-0.25, -0.2) is 9.97 Å². The highest BCUT2D eigenvalue weighted by Crippen LogP contribution is 2.25. The van der Waals surface area contributed by atoms with E-state index in [0.29, 0.717) is 5.82 Å². The van der Waals surface area contributed by atoms with E-state index in [1.54, 1.807) is 18.0 Å². The molecule has 24 heavy (non-hydrogen) atoms. The molecule has 3 aromatic heterocycles. The van der Waals surface area contributed by atoms with Gasteiger partial charge in [0.25, 0.3) is 0 Å². The third kappa shape index (κ3) is 3.05. The molecule has 0 fully saturated rings. The summed E-state index contributed by atoms with van der Waals surface area (Å²) in [5.74, 6) is 0.602. The van der Waals surface area contributed by atoms with E-state index < -0.39 is 0 Å². The first-order valence-corrected chi connectivity index (χ1v) is 8.71. The summed E-state index contributed by atoms with van der Waals surface area (Å²) in [4.78, 5) is 23.9. The first kappa shape index (κ1) is 15.0. The fourth-order valence-electron chi connectivity index (χ4n) is 2.74. The van der Waals surface area contributed by atoms with Crippen molar-refractivity contribution in [3.05, 3.63) is 65.5 Å². The molecule has 1 aliphatic heterocycles. The minimum Gasteiger partial charge on any atom is -0.346 e. The molecule has 1 unspecified atom stereocenters. The number of hydrogen-bond acceptors (Lipinski definition) is 4. The maximum absolute atomic E-state index is 12.1. The highest BCUT2D eigenvalue weighted by atomic mass is 32.2. The Hall–Kier alpha value is -2.60. The minimum absolute atomic E-state index is 0.00736. The van der Waals surface area contributed by atoms with Crippen LogP contribution in [0.25, 0.3) is 11.0 Å². The molecule has 0 saturated carbocycles. The van der Waals surface area contributed by atoms with E-state index in [0.717, 1.165) is 29.4 Å². The van der Waals surface area contributed by atoms with Crippen molar-refractivity contribution >= 4 is 34.5 Å². The zero-order valence-electron chi connectivity index (χ0n) is 12.9. The van der Waals surface area contributed by atoms with Crippen molar-refractivity contribution < 1.29 is 4.79 Å². The SMILES string of the molecule is O=C(Nc1ccc(Cc2c[nH]c3ncccc23)cn1)C1CC=CS1. The van der Waals surface area contributed by atoms with E-state index in [1.165, 1.54) is 5.56 Å². The summed E-state index contributed by atoms with van der Waals surface area (Å²) in [6, 6.07) is 7.85. The smallest absolute Gasteiger partial charge is 0.239 e. The van der Waals surface area contributed by atoms with Crippen molar-refractivity contribution in [2.45, 2.75) is 18.1 Å². The molecule has 4 rings (SSSR count). The van der Waals surface area contributed by atoms with Crippen LogP contribution >= 0.6 is 11.8 Å². The predicted octanol–water partition coefficient (Wildman–Crippen LogP) is 3.51. The lowest BCUT2D eigenvalue weighted by atomic mass is 10.1. The Morgan fingerprint density at radius 3 is 3.08 bits per heavy atom. The van der Waals surface area contributed by atoms with Crippen molar-refractivity contribution in [1.82, 2.24) is 15.0 Å². The van der Waals surface area contributed by atoms with Gasteiger partial charge in [-0.15, -0.1) is 11.8 Å². The summed E-state index contributed by atoms with van der Waals surface area (Å²) in [5, 5.41) is 5.93. The second kappa shape index (κ2) is 6.49. The van der Waals surface area contributed by atoms with Gasteiger partial charge in [0.05, 0.1) is 5.25 Å². The first-order chi connectivity index (χ1) is 11.8. The Morgan fingerprint density at radius 2 is 2.29 bits per heavy atom. The number of rotatable bonds is 4. The zero-order valence-corrected chi connectivity index (χ0v) is 13.7. The van der Waals surface area contributed by atoms with Crippen LogP contribution in [-0.4, -0.2) is 26.1 Å². The number of thioether (sulfide) groups is 1. The number of allylic oxidation sites excluding steroid dienone is 1. The van der Waals surface area contributed by atoms with E-state index in [4.69, 9.17) is 0 Å². The molecule has 0 radical (unpaired) electrons. The lowest BCUT2D eigenvalue weighted by Crippen LogP contribution is -2.23. The summed E-state index contributed by atoms with van der Waals surface area (Å²) in [5.41, 5.74) is 3.17. The number of nitrogens with one attached hydrogen (secondary N) is 2. The number of nitrogens with zero attached hydrogens (tertiary/aromatic N) is 2. The summed E-state index contributed by atoms with van der Waals surface area (Å²) in [6.45, 7) is 0. The van der Waals surface area contributed by atoms with Gasteiger partial charge in [0, 0.05) is 30.4 Å². The Bertz CT molecular complexity index is 893. The van der Waals surface area contributed by atoms with Crippen LogP contribution in [-0.2, 0) is 11.2 Å². The number of carbonyl (C=O) groups excluding carboxylic acids is 1. The van der Waals surface area contributed by atoms with E-state index >= 15 is 0 Å². The number of anilines is 1. The molecule has 0 aromatic carbocycles. The molecule has 5 nitrogen and oxygen atoms in total. The van der Waals surface area contributed by atoms with Crippen LogP contribution in [0.5, 0.6) is 0 Å². The van der Waals surface area contributed by atoms with Crippen molar-refractivity contribution in [3.63, 3.8) is 0 Å². The number of hydrogen-bond donors (Lipinski definition) is 2. The number of amides is 1. The molecule has 4 heterocycles. The molecule has 0 bridgehead atoms. The second-order valence-electron chi connectivity index (χ2n) is 5.66. The minimum atomic E-state index is -0.0369. The molecular weight excluding hydrogens is 320 g/mol. The van der Waals surface area contributed by atoms with Gasteiger partial charge in [-0.2, -0.15) is 0 Å². The number of H-pyrrole nitrogens is 1. The van der Waals surface area contributed by atoms with E-state index in [2.05, 4.69) is 26.3 Å². The molecule has 1 atom stereocenters. The second-order valence-corrected chi connectivity index (χ2v) is 6.78. The van der Waals surface area contributed by atoms with Crippen LogP contribution in [0.2, 0.25) is 0 Å². The number of pyridine rings is 2. The van der Waals surface area contributed by atoms with Gasteiger partial charge < -0.3 is 10.3 Å². The number of aromatic amines is 1. The molecule has 0 aliphatic carbocycles. The largest absolute Gasteiger partial charge is 0.346 e. The lowest BCUT2D eigenvalue weighted by Gasteiger charge is -2.09. The van der Waals surface area contributed by atoms with Gasteiger partial charge in [-0.1, -0.05) is 12.1 Å². The van der Waals surface area contributed by atoms with Crippen LogP contribution in [0, 0.1) is 0 Å². The molecule has 1 amide bonds. The standard InChI is InChI=1S/C18H16N4OS/c23-18(15-4-2-8-24-15)22-16-6-5-12(10-20-16)9-13-11-21-17-14(13)3-1-7-19-17/h1-3,5-8,10-11,15H,4,9H2,(H,19,21)(H,20,22,23). The van der Waals surface area contributed by atoms with Crippen LogP contribution in [0.1, 0.15) is 17.5 Å². The fourth-order valence-corrected chi connectivity index (χ4v) is 3.56. The molecule has 1 aliphatic rings. The van der Waals surface area contributed by atoms with Gasteiger partial charge in [-0.05, 0) is 41.2 Å². The van der Waals surface area contributed by atoms with Crippen LogP contribution < -0.4 is 5.32 Å². The molecule has 2 N–H and O–H groups in total. The lowest BCUT2D eigenvalue weighted by molar-refractivity contribution is -0.115. The molecular formula is C18H16N4OS. The Labute approximate surface area is 143 Å². The first-order valence-electron chi connectivity index (χ1n) is 7.77. The Kier molecular flexibility index (Phi) is 4.04. The van der Waals surface area contributed by atoms with E-state index in [1.807, 2.05) is 42.1 Å². The molecule has 3 aromatic rings. The third-order valence-electron chi connectivity index (χ3n) is 3.99. The summed E-state index contributed by atoms with van der Waals surface area (Å²) in [7, 11) is 0. The average molecular weight is 336 g/mol. The van der Waals surface area contributed by atoms with Crippen LogP contribution in [0.4, 0.5) is 5.82 Å². The highest BCUT2D eigenvalue weighted by Gasteiger charge is 2.20. The highest BCUT2D eigenvalue weighted by molar-refractivity contribution is 8.03. The summed E-state index contributed by atoms with van der Waals surface area (Å²) < 4.78 is 0. The van der Waals surface area contributed by atoms with Crippen molar-refractivity contribution in [1.29, 1.82) is 0 Å². The maximum Gasteiger partial charge on any atom is 0.239 e. The van der Waals surface area contributed by atoms with Crippen LogP contribution in [0.3, 0.4) is 0 Å². The quantitative estimate of drug-likeness (QED) is 0.765. The summed E-state index contributed by atoms with van der Waals surface area (Å²) >= 11 is 1.55. The Balaban J connectivity index is 1.45. The topological polar surface area (TPSA) is 70.7 Å². The fraction of sp³-hybridized carbons (Fsp3) is 0.167. The maximum atomic E-state index is 12.1. The predicted molar refractivity (Wildman–Crippen MR) is 96.9 cm³/mol. The van der Waals surface area contributed by atoms with Gasteiger partial charge in [0.2, 0.25) is 5.91 Å². The molecule has 120 valence electrons. The normalized spacial score (nSPS) is 16.6. The average Bonchev–Trinajstić information content (AvgIpc) is 3.27. The van der Waals surface area contributed by atoms with Crippen molar-refractivity contribution in [2.75, 3.05) is 5.32 Å². The van der Waals surface area contributed by atoms with Crippen LogP contribution in [0.15, 0.2) is 54.3 Å². The monoisotopic (exact) mass is 336 g/mol. The third-order valence-corrected chi connectivity index (χ3v) is 5.07. The van der Waals surface area contributed by atoms with Gasteiger partial charge in [0.1, 0.15) is 11.5 Å². The van der Waals surface area contributed by atoms with Crippen molar-refractivity contribution in [2.24, 2.45) is 0 Å². The molecule has 6 heteroatoms. The van der Waals surface area contributed by atoms with E-state index in [9.17, 15) is 4.79 Å². The van der Waals surface area contributed by atoms with Gasteiger partial charge in [-0.3, -0.25) is 4.79 Å². The Morgan fingerprint density at radius 1 is 1.33 bits per heavy atom. The zero-order chi connectivity index (χ0) is 16.4. The summed E-state index contributed by atoms with van der Waals surface area (Å²) in [6.07, 6.45) is 9.14. The number of aromatic nitrogens is 3. The van der Waals surface area contributed by atoms with E-state index in [-0.39, 0.29) is 11.2 Å². The van der Waals surface area contributed by atoms with Gasteiger partial charge in [0.15, 0.2) is 0 Å². The number of fused-ring (bicyclic) bond motifs is 1. The molecule has 0 saturated heterocycles. The van der Waals surface area contributed by atoms with Gasteiger partial charge >= 0.3 is 0 Å². The number of carbonyl (C=O) groups is 1.